The van der Waals surface area contributed by atoms with Crippen LogP contribution in [0.15, 0.2) is 34.8 Å². The van der Waals surface area contributed by atoms with E-state index in [2.05, 4.69) is 15.9 Å². The van der Waals surface area contributed by atoms with Crippen LogP contribution in [0.2, 0.25) is 0 Å². The average Bonchev–Trinajstić information content (AvgIpc) is 2.80. The van der Waals surface area contributed by atoms with E-state index in [-0.39, 0.29) is 11.0 Å². The first-order valence-corrected chi connectivity index (χ1v) is 7.01. The molecule has 6 heteroatoms. The van der Waals surface area contributed by atoms with E-state index in [0.717, 1.165) is 17.7 Å². The van der Waals surface area contributed by atoms with Gasteiger partial charge in [0.15, 0.2) is 0 Å². The quantitative estimate of drug-likeness (QED) is 0.755. The van der Waals surface area contributed by atoms with Crippen LogP contribution in [0.4, 0.5) is 18.9 Å². The van der Waals surface area contributed by atoms with Crippen molar-refractivity contribution in [3.8, 4) is 0 Å². The fourth-order valence-corrected chi connectivity index (χ4v) is 2.85. The predicted octanol–water partition coefficient (Wildman–Crippen LogP) is 4.07. The maximum absolute atomic E-state index is 13.9. The standard InChI is InChI=1S/C15H9BrF3NO/c16-9-5-11(18)14(12(19)6-9)15(21)20-4-3-8-1-2-10(17)7-13(8)20/h1-2,5-7H,3-4H2. The van der Waals surface area contributed by atoms with E-state index < -0.39 is 28.9 Å². The lowest BCUT2D eigenvalue weighted by Gasteiger charge is -2.18. The van der Waals surface area contributed by atoms with E-state index >= 15 is 0 Å². The molecule has 0 N–H and O–H groups in total. The molecule has 0 aromatic heterocycles. The molecule has 0 radical (unpaired) electrons. The molecule has 2 aromatic carbocycles. The van der Waals surface area contributed by atoms with Crippen LogP contribution in [0, 0.1) is 17.5 Å². The molecule has 0 saturated heterocycles. The van der Waals surface area contributed by atoms with Gasteiger partial charge in [-0.3, -0.25) is 4.79 Å². The van der Waals surface area contributed by atoms with Gasteiger partial charge in [0.1, 0.15) is 23.0 Å². The first kappa shape index (κ1) is 14.1. The number of benzene rings is 2. The zero-order valence-electron chi connectivity index (χ0n) is 10.7. The van der Waals surface area contributed by atoms with Crippen LogP contribution in [-0.4, -0.2) is 12.5 Å². The van der Waals surface area contributed by atoms with Gasteiger partial charge in [-0.15, -0.1) is 0 Å². The number of carbonyl (C=O) groups excluding carboxylic acids is 1. The largest absolute Gasteiger partial charge is 0.307 e. The summed E-state index contributed by atoms with van der Waals surface area (Å²) in [7, 11) is 0. The van der Waals surface area contributed by atoms with Crippen LogP contribution in [-0.2, 0) is 6.42 Å². The maximum atomic E-state index is 13.9. The summed E-state index contributed by atoms with van der Waals surface area (Å²) in [6.07, 6.45) is 0.529. The number of nitrogens with zero attached hydrogens (tertiary/aromatic N) is 1. The number of halogens is 4. The highest BCUT2D eigenvalue weighted by molar-refractivity contribution is 9.10. The number of rotatable bonds is 1. The molecular weight excluding hydrogens is 347 g/mol. The summed E-state index contributed by atoms with van der Waals surface area (Å²) in [6, 6.07) is 6.13. The van der Waals surface area contributed by atoms with Crippen molar-refractivity contribution in [2.45, 2.75) is 6.42 Å². The van der Waals surface area contributed by atoms with Crippen LogP contribution < -0.4 is 4.90 Å². The number of fused-ring (bicyclic) bond motifs is 1. The molecular formula is C15H9BrF3NO. The van der Waals surface area contributed by atoms with Crippen LogP contribution in [0.3, 0.4) is 0 Å². The monoisotopic (exact) mass is 355 g/mol. The number of carbonyl (C=O) groups is 1. The van der Waals surface area contributed by atoms with E-state index in [9.17, 15) is 18.0 Å². The van der Waals surface area contributed by atoms with E-state index in [0.29, 0.717) is 12.1 Å². The highest BCUT2D eigenvalue weighted by Crippen LogP contribution is 2.31. The average molecular weight is 356 g/mol. The first-order valence-electron chi connectivity index (χ1n) is 6.22. The van der Waals surface area contributed by atoms with Gasteiger partial charge in [0, 0.05) is 11.0 Å². The van der Waals surface area contributed by atoms with Crippen molar-refractivity contribution in [3.05, 3.63) is 63.4 Å². The zero-order chi connectivity index (χ0) is 15.1. The number of hydrogen-bond donors (Lipinski definition) is 0. The second-order valence-electron chi connectivity index (χ2n) is 4.72. The minimum Gasteiger partial charge on any atom is -0.307 e. The Kier molecular flexibility index (Phi) is 3.49. The van der Waals surface area contributed by atoms with E-state index in [1.54, 1.807) is 6.07 Å². The van der Waals surface area contributed by atoms with Crippen molar-refractivity contribution in [1.29, 1.82) is 0 Å². The molecule has 0 atom stereocenters. The summed E-state index contributed by atoms with van der Waals surface area (Å²) in [4.78, 5) is 13.6. The van der Waals surface area contributed by atoms with Gasteiger partial charge in [-0.2, -0.15) is 0 Å². The molecule has 3 rings (SSSR count). The molecule has 108 valence electrons. The van der Waals surface area contributed by atoms with Crippen LogP contribution >= 0.6 is 15.9 Å². The Hall–Kier alpha value is -1.82. The van der Waals surface area contributed by atoms with Gasteiger partial charge in [0.25, 0.3) is 5.91 Å². The molecule has 2 nitrogen and oxygen atoms in total. The Morgan fingerprint density at radius 1 is 1.10 bits per heavy atom. The Bertz CT molecular complexity index is 725. The lowest BCUT2D eigenvalue weighted by molar-refractivity contribution is 0.0981. The Morgan fingerprint density at radius 3 is 2.43 bits per heavy atom. The second-order valence-corrected chi connectivity index (χ2v) is 5.64. The number of anilines is 1. The lowest BCUT2D eigenvalue weighted by Crippen LogP contribution is -2.30. The summed E-state index contributed by atoms with van der Waals surface area (Å²) in [6.45, 7) is 0.270. The molecule has 1 heterocycles. The van der Waals surface area contributed by atoms with Gasteiger partial charge in [0.2, 0.25) is 0 Å². The normalized spacial score (nSPS) is 13.4. The molecule has 21 heavy (non-hydrogen) atoms. The Labute approximate surface area is 127 Å². The van der Waals surface area contributed by atoms with Crippen molar-refractivity contribution in [2.75, 3.05) is 11.4 Å². The summed E-state index contributed by atoms with van der Waals surface area (Å²) in [5.41, 5.74) is 0.514. The molecule has 1 aliphatic heterocycles. The van der Waals surface area contributed by atoms with E-state index in [1.165, 1.54) is 17.0 Å². The third kappa shape index (κ3) is 2.44. The molecule has 1 amide bonds. The highest BCUT2D eigenvalue weighted by atomic mass is 79.9. The third-order valence-electron chi connectivity index (χ3n) is 3.41. The van der Waals surface area contributed by atoms with Crippen LogP contribution in [0.25, 0.3) is 0 Å². The minimum absolute atomic E-state index is 0.210. The summed E-state index contributed by atoms with van der Waals surface area (Å²) in [5.74, 6) is -3.19. The second kappa shape index (κ2) is 5.18. The van der Waals surface area contributed by atoms with E-state index in [4.69, 9.17) is 0 Å². The fraction of sp³-hybridized carbons (Fsp3) is 0.133. The summed E-state index contributed by atoms with van der Waals surface area (Å²) >= 11 is 2.96. The van der Waals surface area contributed by atoms with E-state index in [1.807, 2.05) is 0 Å². The van der Waals surface area contributed by atoms with Crippen molar-refractivity contribution in [2.24, 2.45) is 0 Å². The van der Waals surface area contributed by atoms with Crippen LogP contribution in [0.1, 0.15) is 15.9 Å². The van der Waals surface area contributed by atoms with Crippen molar-refractivity contribution in [3.63, 3.8) is 0 Å². The first-order chi connectivity index (χ1) is 9.97. The Balaban J connectivity index is 2.04. The molecule has 1 aliphatic rings. The molecule has 0 spiro atoms. The van der Waals surface area contributed by atoms with Gasteiger partial charge < -0.3 is 4.90 Å². The zero-order valence-corrected chi connectivity index (χ0v) is 12.3. The lowest BCUT2D eigenvalue weighted by atomic mass is 10.1. The van der Waals surface area contributed by atoms with Gasteiger partial charge in [-0.25, -0.2) is 13.2 Å². The fourth-order valence-electron chi connectivity index (χ4n) is 2.44. The molecule has 0 bridgehead atoms. The number of hydrogen-bond acceptors (Lipinski definition) is 1. The van der Waals surface area contributed by atoms with Gasteiger partial charge in [0.05, 0.1) is 5.69 Å². The summed E-state index contributed by atoms with van der Waals surface area (Å²) in [5, 5.41) is 0. The maximum Gasteiger partial charge on any atom is 0.264 e. The number of amides is 1. The summed E-state index contributed by atoms with van der Waals surface area (Å²) < 4.78 is 41.3. The third-order valence-corrected chi connectivity index (χ3v) is 3.87. The molecule has 2 aromatic rings. The molecule has 0 aliphatic carbocycles. The van der Waals surface area contributed by atoms with Gasteiger partial charge in [-0.05, 0) is 36.2 Å². The van der Waals surface area contributed by atoms with Crippen LogP contribution in [0.5, 0.6) is 0 Å². The van der Waals surface area contributed by atoms with Crippen molar-refractivity contribution in [1.82, 2.24) is 0 Å². The van der Waals surface area contributed by atoms with Crippen molar-refractivity contribution >= 4 is 27.5 Å². The molecule has 0 unspecified atom stereocenters. The van der Waals surface area contributed by atoms with Gasteiger partial charge in [-0.1, -0.05) is 22.0 Å². The molecule has 0 saturated carbocycles. The molecule has 0 fully saturated rings. The minimum atomic E-state index is -0.947. The van der Waals surface area contributed by atoms with Gasteiger partial charge >= 0.3 is 0 Å². The predicted molar refractivity (Wildman–Crippen MR) is 75.8 cm³/mol. The topological polar surface area (TPSA) is 20.3 Å². The Morgan fingerprint density at radius 2 is 1.76 bits per heavy atom. The van der Waals surface area contributed by atoms with Crippen molar-refractivity contribution < 1.29 is 18.0 Å². The highest BCUT2D eigenvalue weighted by Gasteiger charge is 2.29. The smallest absolute Gasteiger partial charge is 0.264 e. The SMILES string of the molecule is O=C(c1c(F)cc(Br)cc1F)N1CCc2ccc(F)cc21.